The van der Waals surface area contributed by atoms with Crippen LogP contribution in [0.15, 0.2) is 30.3 Å². The van der Waals surface area contributed by atoms with Crippen molar-refractivity contribution < 1.29 is 9.09 Å². The van der Waals surface area contributed by atoms with E-state index < -0.39 is 6.72 Å². The van der Waals surface area contributed by atoms with E-state index in [1.807, 2.05) is 30.3 Å². The van der Waals surface area contributed by atoms with Crippen molar-refractivity contribution in [3.63, 3.8) is 0 Å². The lowest BCUT2D eigenvalue weighted by Gasteiger charge is -2.06. The summed E-state index contributed by atoms with van der Waals surface area (Å²) >= 11 is 5.60. The fourth-order valence-electron chi connectivity index (χ4n) is 0.999. The Hall–Kier alpha value is -0.300. The molecule has 0 aliphatic rings. The summed E-state index contributed by atoms with van der Waals surface area (Å²) < 4.78 is 16.0. The molecule has 1 aromatic carbocycles. The second-order valence-corrected chi connectivity index (χ2v) is 6.27. The van der Waals surface area contributed by atoms with Crippen LogP contribution in [0.5, 0.6) is 0 Å². The molecule has 1 rings (SSSR count). The van der Waals surface area contributed by atoms with Gasteiger partial charge in [-0.05, 0) is 23.2 Å². The monoisotopic (exact) mass is 218 g/mol. The van der Waals surface area contributed by atoms with E-state index in [-0.39, 0.29) is 0 Å². The van der Waals surface area contributed by atoms with Gasteiger partial charge < -0.3 is 4.52 Å². The zero-order valence-electron chi connectivity index (χ0n) is 7.44. The molecular formula is C9H12ClO2P. The normalized spacial score (nSPS) is 15.2. The van der Waals surface area contributed by atoms with Gasteiger partial charge in [-0.15, -0.1) is 0 Å². The van der Waals surface area contributed by atoms with E-state index in [1.165, 1.54) is 7.11 Å². The quantitative estimate of drug-likeness (QED) is 0.725. The number of rotatable bonds is 4. The second-order valence-electron chi connectivity index (χ2n) is 2.73. The number of halogens is 1. The van der Waals surface area contributed by atoms with Crippen LogP contribution >= 0.6 is 18.0 Å². The number of benzene rings is 1. The van der Waals surface area contributed by atoms with Crippen LogP contribution in [0.3, 0.4) is 0 Å². The van der Waals surface area contributed by atoms with Crippen molar-refractivity contribution in [2.45, 2.75) is 6.42 Å². The molecule has 0 fully saturated rings. The first-order chi connectivity index (χ1) is 6.14. The molecule has 1 aromatic rings. The molecule has 0 aliphatic heterocycles. The first-order valence-corrected chi connectivity index (χ1v) is 6.74. The molecule has 2 nitrogen and oxygen atoms in total. The van der Waals surface area contributed by atoms with Gasteiger partial charge in [0, 0.05) is 13.3 Å². The highest BCUT2D eigenvalue weighted by Gasteiger charge is 2.16. The van der Waals surface area contributed by atoms with Gasteiger partial charge in [0.05, 0.1) is 0 Å². The largest absolute Gasteiger partial charge is 0.321 e. The lowest BCUT2D eigenvalue weighted by atomic mass is 10.2. The lowest BCUT2D eigenvalue weighted by molar-refractivity contribution is 0.408. The molecule has 0 heterocycles. The summed E-state index contributed by atoms with van der Waals surface area (Å²) in [6.07, 6.45) is 1.07. The average Bonchev–Trinajstić information content (AvgIpc) is 2.17. The van der Waals surface area contributed by atoms with E-state index in [2.05, 4.69) is 4.52 Å². The minimum atomic E-state index is -2.87. The summed E-state index contributed by atoms with van der Waals surface area (Å²) in [5, 5.41) is 0. The van der Waals surface area contributed by atoms with Crippen LogP contribution in [-0.4, -0.2) is 13.3 Å². The van der Waals surface area contributed by atoms with Gasteiger partial charge in [-0.1, -0.05) is 30.3 Å². The molecule has 0 bridgehead atoms. The Morgan fingerprint density at radius 3 is 2.54 bits per heavy atom. The van der Waals surface area contributed by atoms with Crippen molar-refractivity contribution in [3.8, 4) is 0 Å². The fourth-order valence-corrected chi connectivity index (χ4v) is 1.96. The topological polar surface area (TPSA) is 26.3 Å². The maximum atomic E-state index is 11.3. The molecule has 0 N–H and O–H groups in total. The molecule has 0 radical (unpaired) electrons. The Labute approximate surface area is 83.1 Å². The Kier molecular flexibility index (Phi) is 3.98. The van der Waals surface area contributed by atoms with Crippen molar-refractivity contribution in [2.24, 2.45) is 0 Å². The molecule has 4 heteroatoms. The zero-order valence-corrected chi connectivity index (χ0v) is 9.09. The number of hydrogen-bond acceptors (Lipinski definition) is 2. The standard InChI is InChI=1S/C9H12ClO2P/c1-12-13(10,11)8-7-9-5-3-2-4-6-9/h2-6H,7-8H2,1H3. The fraction of sp³-hybridized carbons (Fsp3) is 0.333. The van der Waals surface area contributed by atoms with Gasteiger partial charge >= 0.3 is 0 Å². The van der Waals surface area contributed by atoms with E-state index in [9.17, 15) is 4.57 Å². The molecule has 0 spiro atoms. The summed E-state index contributed by atoms with van der Waals surface area (Å²) in [6.45, 7) is -2.87. The van der Waals surface area contributed by atoms with Crippen molar-refractivity contribution in [3.05, 3.63) is 35.9 Å². The molecule has 1 unspecified atom stereocenters. The molecule has 0 aliphatic carbocycles. The van der Waals surface area contributed by atoms with Crippen molar-refractivity contribution >= 4 is 18.0 Å². The molecule has 72 valence electrons. The average molecular weight is 219 g/mol. The Bertz CT molecular complexity index is 300. The highest BCUT2D eigenvalue weighted by molar-refractivity contribution is 7.85. The minimum Gasteiger partial charge on any atom is -0.321 e. The van der Waals surface area contributed by atoms with Crippen molar-refractivity contribution in [1.82, 2.24) is 0 Å². The number of aryl methyl sites for hydroxylation is 1. The molecule has 0 saturated heterocycles. The summed E-state index contributed by atoms with van der Waals surface area (Å²) in [4.78, 5) is 0. The first kappa shape index (κ1) is 10.8. The van der Waals surface area contributed by atoms with Crippen LogP contribution in [0, 0.1) is 0 Å². The van der Waals surface area contributed by atoms with E-state index >= 15 is 0 Å². The molecular weight excluding hydrogens is 207 g/mol. The van der Waals surface area contributed by atoms with Crippen LogP contribution in [0.2, 0.25) is 0 Å². The molecule has 0 saturated carbocycles. The van der Waals surface area contributed by atoms with Crippen LogP contribution in [0.25, 0.3) is 0 Å². The van der Waals surface area contributed by atoms with Gasteiger partial charge in [-0.25, -0.2) is 0 Å². The van der Waals surface area contributed by atoms with E-state index in [4.69, 9.17) is 11.2 Å². The first-order valence-electron chi connectivity index (χ1n) is 4.02. The van der Waals surface area contributed by atoms with Gasteiger partial charge in [-0.3, -0.25) is 4.57 Å². The Balaban J connectivity index is 2.49. The summed E-state index contributed by atoms with van der Waals surface area (Å²) in [5.41, 5.74) is 1.13. The number of hydrogen-bond donors (Lipinski definition) is 0. The molecule has 1 atom stereocenters. The SMILES string of the molecule is COP(=O)(Cl)CCc1ccccc1. The smallest absolute Gasteiger partial charge is 0.290 e. The molecule has 0 aromatic heterocycles. The van der Waals surface area contributed by atoms with Gasteiger partial charge in [0.25, 0.3) is 6.72 Å². The van der Waals surface area contributed by atoms with Gasteiger partial charge in [0.15, 0.2) is 0 Å². The highest BCUT2D eigenvalue weighted by atomic mass is 35.7. The summed E-state index contributed by atoms with van der Waals surface area (Å²) in [6, 6.07) is 9.79. The maximum absolute atomic E-state index is 11.3. The third kappa shape index (κ3) is 3.95. The van der Waals surface area contributed by atoms with E-state index in [0.29, 0.717) is 12.6 Å². The van der Waals surface area contributed by atoms with Crippen LogP contribution in [0.4, 0.5) is 0 Å². The summed E-state index contributed by atoms with van der Waals surface area (Å²) in [5.74, 6) is 0. The third-order valence-electron chi connectivity index (χ3n) is 1.78. The zero-order chi connectivity index (χ0) is 9.73. The Morgan fingerprint density at radius 2 is 2.00 bits per heavy atom. The maximum Gasteiger partial charge on any atom is 0.290 e. The van der Waals surface area contributed by atoms with E-state index in [0.717, 1.165) is 5.56 Å². The van der Waals surface area contributed by atoms with E-state index in [1.54, 1.807) is 0 Å². The third-order valence-corrected chi connectivity index (χ3v) is 4.01. The van der Waals surface area contributed by atoms with Crippen LogP contribution < -0.4 is 0 Å². The van der Waals surface area contributed by atoms with Crippen LogP contribution in [-0.2, 0) is 15.5 Å². The highest BCUT2D eigenvalue weighted by Crippen LogP contribution is 2.51. The van der Waals surface area contributed by atoms with Crippen molar-refractivity contribution in [2.75, 3.05) is 13.3 Å². The Morgan fingerprint density at radius 1 is 1.38 bits per heavy atom. The predicted octanol–water partition coefficient (Wildman–Crippen LogP) is 3.31. The molecule has 0 amide bonds. The van der Waals surface area contributed by atoms with Gasteiger partial charge in [-0.2, -0.15) is 0 Å². The lowest BCUT2D eigenvalue weighted by Crippen LogP contribution is -1.91. The predicted molar refractivity (Wildman–Crippen MR) is 55.5 cm³/mol. The summed E-state index contributed by atoms with van der Waals surface area (Å²) in [7, 11) is 1.37. The second kappa shape index (κ2) is 4.80. The molecule has 13 heavy (non-hydrogen) atoms. The van der Waals surface area contributed by atoms with Crippen LogP contribution in [0.1, 0.15) is 5.56 Å². The van der Waals surface area contributed by atoms with Gasteiger partial charge in [0.1, 0.15) is 0 Å². The van der Waals surface area contributed by atoms with Gasteiger partial charge in [0.2, 0.25) is 0 Å². The minimum absolute atomic E-state index is 0.384. The van der Waals surface area contributed by atoms with Crippen molar-refractivity contribution in [1.29, 1.82) is 0 Å².